The van der Waals surface area contributed by atoms with Crippen LogP contribution in [0.1, 0.15) is 23.6 Å². The van der Waals surface area contributed by atoms with Crippen molar-refractivity contribution in [3.05, 3.63) is 87.6 Å². The molecule has 4 rings (SSSR count). The third kappa shape index (κ3) is 4.36. The molecule has 0 spiro atoms. The topological polar surface area (TPSA) is 68.5 Å². The van der Waals surface area contributed by atoms with E-state index in [9.17, 15) is 9.59 Å². The van der Waals surface area contributed by atoms with E-state index in [1.165, 1.54) is 6.08 Å². The molecule has 1 aromatic heterocycles. The average Bonchev–Trinajstić information content (AvgIpc) is 2.74. The highest BCUT2D eigenvalue weighted by molar-refractivity contribution is 6.03. The first-order valence-electron chi connectivity index (χ1n) is 10.1. The first kappa shape index (κ1) is 20.4. The maximum Gasteiger partial charge on any atom is 0.248 e. The Kier molecular flexibility index (Phi) is 5.58. The maximum absolute atomic E-state index is 12.9. The summed E-state index contributed by atoms with van der Waals surface area (Å²) in [4.78, 5) is 25.2. The molecule has 156 valence electrons. The standard InChI is InChI=1S/C26H23NO4/c1-4-30-20-9-5-18(6-10-20)7-12-24(28)27-19-8-11-21-23(15-19)31-26-17(3)13-16(2)14-22(26)25(21)29/h5-15H,4H2,1-3H3,(H,27,28)/b12-7+. The highest BCUT2D eigenvalue weighted by Crippen LogP contribution is 2.25. The molecule has 5 nitrogen and oxygen atoms in total. The summed E-state index contributed by atoms with van der Waals surface area (Å²) in [7, 11) is 0. The van der Waals surface area contributed by atoms with E-state index in [2.05, 4.69) is 5.32 Å². The molecule has 3 aromatic carbocycles. The van der Waals surface area contributed by atoms with Gasteiger partial charge in [-0.3, -0.25) is 9.59 Å². The molecule has 0 unspecified atom stereocenters. The van der Waals surface area contributed by atoms with E-state index in [1.807, 2.05) is 57.2 Å². The van der Waals surface area contributed by atoms with Gasteiger partial charge in [0.2, 0.25) is 11.3 Å². The van der Waals surface area contributed by atoms with Crippen molar-refractivity contribution in [3.63, 3.8) is 0 Å². The van der Waals surface area contributed by atoms with Crippen molar-refractivity contribution >= 4 is 39.6 Å². The lowest BCUT2D eigenvalue weighted by atomic mass is 10.1. The number of aryl methyl sites for hydroxylation is 2. The Hall–Kier alpha value is -3.86. The molecule has 1 amide bonds. The second-order valence-corrected chi connectivity index (χ2v) is 7.43. The van der Waals surface area contributed by atoms with Crippen molar-refractivity contribution in [2.24, 2.45) is 0 Å². The molecule has 0 aliphatic heterocycles. The summed E-state index contributed by atoms with van der Waals surface area (Å²) in [5.41, 5.74) is 4.30. The Labute approximate surface area is 180 Å². The quantitative estimate of drug-likeness (QED) is 0.341. The Bertz CT molecular complexity index is 1360. The van der Waals surface area contributed by atoms with Crippen LogP contribution in [-0.2, 0) is 4.79 Å². The van der Waals surface area contributed by atoms with Crippen LogP contribution >= 0.6 is 0 Å². The third-order valence-electron chi connectivity index (χ3n) is 4.99. The summed E-state index contributed by atoms with van der Waals surface area (Å²) in [6.07, 6.45) is 3.19. The predicted molar refractivity (Wildman–Crippen MR) is 125 cm³/mol. The summed E-state index contributed by atoms with van der Waals surface area (Å²) in [5, 5.41) is 3.87. The van der Waals surface area contributed by atoms with Gasteiger partial charge in [0, 0.05) is 17.8 Å². The van der Waals surface area contributed by atoms with Gasteiger partial charge in [0.1, 0.15) is 16.9 Å². The zero-order chi connectivity index (χ0) is 22.0. The van der Waals surface area contributed by atoms with E-state index in [4.69, 9.17) is 9.15 Å². The van der Waals surface area contributed by atoms with Crippen molar-refractivity contribution in [3.8, 4) is 5.75 Å². The highest BCUT2D eigenvalue weighted by Gasteiger charge is 2.11. The van der Waals surface area contributed by atoms with Gasteiger partial charge in [0.15, 0.2) is 0 Å². The van der Waals surface area contributed by atoms with E-state index >= 15 is 0 Å². The molecular weight excluding hydrogens is 390 g/mol. The van der Waals surface area contributed by atoms with Crippen LogP contribution in [-0.4, -0.2) is 12.5 Å². The van der Waals surface area contributed by atoms with E-state index < -0.39 is 0 Å². The molecule has 1 heterocycles. The smallest absolute Gasteiger partial charge is 0.248 e. The van der Waals surface area contributed by atoms with Gasteiger partial charge in [-0.25, -0.2) is 0 Å². The number of nitrogens with one attached hydrogen (secondary N) is 1. The molecular formula is C26H23NO4. The molecule has 0 saturated heterocycles. The van der Waals surface area contributed by atoms with Crippen molar-refractivity contribution in [2.75, 3.05) is 11.9 Å². The molecule has 1 N–H and O–H groups in total. The minimum Gasteiger partial charge on any atom is -0.494 e. The van der Waals surface area contributed by atoms with E-state index in [-0.39, 0.29) is 11.3 Å². The molecule has 0 bridgehead atoms. The van der Waals surface area contributed by atoms with Crippen molar-refractivity contribution < 1.29 is 13.9 Å². The van der Waals surface area contributed by atoms with Crippen LogP contribution < -0.4 is 15.5 Å². The summed E-state index contributed by atoms with van der Waals surface area (Å²) in [6.45, 7) is 6.41. The summed E-state index contributed by atoms with van der Waals surface area (Å²) in [5.74, 6) is 0.517. The predicted octanol–water partition coefficient (Wildman–Crippen LogP) is 5.61. The largest absolute Gasteiger partial charge is 0.494 e. The Morgan fingerprint density at radius 1 is 1.03 bits per heavy atom. The van der Waals surface area contributed by atoms with Gasteiger partial charge >= 0.3 is 0 Å². The average molecular weight is 413 g/mol. The van der Waals surface area contributed by atoms with Crippen molar-refractivity contribution in [2.45, 2.75) is 20.8 Å². The first-order chi connectivity index (χ1) is 14.9. The van der Waals surface area contributed by atoms with E-state index in [0.717, 1.165) is 22.4 Å². The Balaban J connectivity index is 1.57. The van der Waals surface area contributed by atoms with Crippen molar-refractivity contribution in [1.82, 2.24) is 0 Å². The van der Waals surface area contributed by atoms with Gasteiger partial charge in [-0.15, -0.1) is 0 Å². The third-order valence-corrected chi connectivity index (χ3v) is 4.99. The number of hydrogen-bond acceptors (Lipinski definition) is 4. The fourth-order valence-corrected chi connectivity index (χ4v) is 3.58. The SMILES string of the molecule is CCOc1ccc(/C=C/C(=O)Nc2ccc3c(=O)c4cc(C)cc(C)c4oc3c2)cc1. The van der Waals surface area contributed by atoms with Gasteiger partial charge in [0.05, 0.1) is 17.4 Å². The fraction of sp³-hybridized carbons (Fsp3) is 0.154. The van der Waals surface area contributed by atoms with Gasteiger partial charge in [0.25, 0.3) is 0 Å². The zero-order valence-electron chi connectivity index (χ0n) is 17.7. The molecule has 0 fully saturated rings. The molecule has 0 radical (unpaired) electrons. The van der Waals surface area contributed by atoms with Gasteiger partial charge in [-0.05, 0) is 73.9 Å². The monoisotopic (exact) mass is 413 g/mol. The number of carbonyl (C=O) groups excluding carboxylic acids is 1. The molecule has 0 saturated carbocycles. The second kappa shape index (κ2) is 8.48. The van der Waals surface area contributed by atoms with Gasteiger partial charge < -0.3 is 14.5 Å². The maximum atomic E-state index is 12.9. The highest BCUT2D eigenvalue weighted by atomic mass is 16.5. The molecule has 0 aliphatic rings. The number of rotatable bonds is 5. The van der Waals surface area contributed by atoms with Crippen LogP contribution in [0.5, 0.6) is 5.75 Å². The van der Waals surface area contributed by atoms with Crippen LogP contribution in [0.15, 0.2) is 69.9 Å². The number of carbonyl (C=O) groups is 1. The summed E-state index contributed by atoms with van der Waals surface area (Å²) < 4.78 is 11.4. The molecule has 0 aliphatic carbocycles. The van der Waals surface area contributed by atoms with Crippen molar-refractivity contribution in [1.29, 1.82) is 0 Å². The van der Waals surface area contributed by atoms with Crippen LogP contribution in [0.4, 0.5) is 5.69 Å². The number of fused-ring (bicyclic) bond motifs is 2. The number of amides is 1. The fourth-order valence-electron chi connectivity index (χ4n) is 3.58. The molecule has 0 atom stereocenters. The Morgan fingerprint density at radius 2 is 1.81 bits per heavy atom. The van der Waals surface area contributed by atoms with Crippen LogP contribution in [0.2, 0.25) is 0 Å². The summed E-state index contributed by atoms with van der Waals surface area (Å²) >= 11 is 0. The first-order valence-corrected chi connectivity index (χ1v) is 10.1. The van der Waals surface area contributed by atoms with E-state index in [1.54, 1.807) is 24.3 Å². The minimum atomic E-state index is -0.275. The number of hydrogen-bond donors (Lipinski definition) is 1. The number of ether oxygens (including phenoxy) is 1. The number of benzene rings is 3. The summed E-state index contributed by atoms with van der Waals surface area (Å²) in [6, 6.07) is 16.4. The van der Waals surface area contributed by atoms with E-state index in [0.29, 0.717) is 34.2 Å². The lowest BCUT2D eigenvalue weighted by molar-refractivity contribution is -0.111. The molecule has 4 aromatic rings. The molecule has 31 heavy (non-hydrogen) atoms. The van der Waals surface area contributed by atoms with Gasteiger partial charge in [-0.2, -0.15) is 0 Å². The lowest BCUT2D eigenvalue weighted by Gasteiger charge is -2.07. The second-order valence-electron chi connectivity index (χ2n) is 7.43. The van der Waals surface area contributed by atoms with Crippen LogP contribution in [0.3, 0.4) is 0 Å². The van der Waals surface area contributed by atoms with Crippen LogP contribution in [0, 0.1) is 13.8 Å². The minimum absolute atomic E-state index is 0.0729. The lowest BCUT2D eigenvalue weighted by Crippen LogP contribution is -2.08. The normalized spacial score (nSPS) is 11.3. The Morgan fingerprint density at radius 3 is 2.55 bits per heavy atom. The van der Waals surface area contributed by atoms with Crippen LogP contribution in [0.25, 0.3) is 28.0 Å². The molecule has 5 heteroatoms. The zero-order valence-corrected chi connectivity index (χ0v) is 17.7. The number of anilines is 1. The van der Waals surface area contributed by atoms with Gasteiger partial charge in [-0.1, -0.05) is 18.2 Å².